The third-order valence-corrected chi connectivity index (χ3v) is 5.83. The molecule has 0 aliphatic heterocycles. The van der Waals surface area contributed by atoms with Crippen LogP contribution in [-0.4, -0.2) is 23.2 Å². The number of hydrogen-bond donors (Lipinski definition) is 2. The average Bonchev–Trinajstić information content (AvgIpc) is 2.68. The third-order valence-electron chi connectivity index (χ3n) is 5.83. The Bertz CT molecular complexity index is 333. The number of carbonyl (C=O) groups is 1. The maximum Gasteiger partial charge on any atom is 0.220 e. The Morgan fingerprint density at radius 3 is 1.54 bits per heavy atom. The van der Waals surface area contributed by atoms with Gasteiger partial charge < -0.3 is 10.4 Å². The van der Waals surface area contributed by atoms with Gasteiger partial charge in [0.2, 0.25) is 5.91 Å². The van der Waals surface area contributed by atoms with Crippen molar-refractivity contribution >= 4 is 5.91 Å². The SMILES string of the molecule is CCCCCCCCCCCCCC[C@H](O)[C@H](C)NC(=O)CCCCCCC. The molecule has 28 heavy (non-hydrogen) atoms. The number of amides is 1. The van der Waals surface area contributed by atoms with Crippen LogP contribution in [0, 0.1) is 0 Å². The van der Waals surface area contributed by atoms with Crippen molar-refractivity contribution in [3.05, 3.63) is 0 Å². The second kappa shape index (κ2) is 21.1. The van der Waals surface area contributed by atoms with Crippen molar-refractivity contribution in [3.63, 3.8) is 0 Å². The van der Waals surface area contributed by atoms with Crippen molar-refractivity contribution in [2.24, 2.45) is 0 Å². The Balaban J connectivity index is 3.45. The van der Waals surface area contributed by atoms with Crippen LogP contribution in [0.25, 0.3) is 0 Å². The molecular formula is C25H51NO2. The number of aliphatic hydroxyl groups is 1. The largest absolute Gasteiger partial charge is 0.391 e. The van der Waals surface area contributed by atoms with Crippen LogP contribution in [-0.2, 0) is 4.79 Å². The van der Waals surface area contributed by atoms with E-state index in [-0.39, 0.29) is 11.9 Å². The average molecular weight is 398 g/mol. The first-order valence-corrected chi connectivity index (χ1v) is 12.6. The molecule has 168 valence electrons. The van der Waals surface area contributed by atoms with E-state index in [4.69, 9.17) is 0 Å². The lowest BCUT2D eigenvalue weighted by molar-refractivity contribution is -0.122. The molecule has 0 bridgehead atoms. The maximum absolute atomic E-state index is 11.9. The summed E-state index contributed by atoms with van der Waals surface area (Å²) in [4.78, 5) is 11.9. The van der Waals surface area contributed by atoms with Crippen LogP contribution in [0.4, 0.5) is 0 Å². The fraction of sp³-hybridized carbons (Fsp3) is 0.960. The molecule has 1 amide bonds. The van der Waals surface area contributed by atoms with E-state index in [1.807, 2.05) is 6.92 Å². The van der Waals surface area contributed by atoms with E-state index in [1.54, 1.807) is 0 Å². The summed E-state index contributed by atoms with van der Waals surface area (Å²) in [5, 5.41) is 13.2. The predicted molar refractivity (Wildman–Crippen MR) is 123 cm³/mol. The van der Waals surface area contributed by atoms with E-state index < -0.39 is 6.10 Å². The first-order chi connectivity index (χ1) is 13.6. The molecule has 0 rings (SSSR count). The Morgan fingerprint density at radius 1 is 0.679 bits per heavy atom. The molecule has 0 aliphatic carbocycles. The summed E-state index contributed by atoms with van der Waals surface area (Å²) in [5.41, 5.74) is 0. The smallest absolute Gasteiger partial charge is 0.220 e. The minimum absolute atomic E-state index is 0.0951. The maximum atomic E-state index is 11.9. The monoisotopic (exact) mass is 397 g/mol. The summed E-state index contributed by atoms with van der Waals surface area (Å²) in [6.45, 7) is 6.40. The van der Waals surface area contributed by atoms with Gasteiger partial charge in [-0.1, -0.05) is 117 Å². The van der Waals surface area contributed by atoms with E-state index in [0.29, 0.717) is 6.42 Å². The van der Waals surface area contributed by atoms with Crippen LogP contribution in [0.1, 0.15) is 143 Å². The van der Waals surface area contributed by atoms with Gasteiger partial charge in [-0.3, -0.25) is 4.79 Å². The summed E-state index contributed by atoms with van der Waals surface area (Å²) in [6.07, 6.45) is 22.8. The lowest BCUT2D eigenvalue weighted by atomic mass is 10.0. The van der Waals surface area contributed by atoms with Crippen molar-refractivity contribution in [1.82, 2.24) is 5.32 Å². The van der Waals surface area contributed by atoms with Crippen LogP contribution in [0.5, 0.6) is 0 Å². The molecule has 3 nitrogen and oxygen atoms in total. The highest BCUT2D eigenvalue weighted by molar-refractivity contribution is 5.76. The normalized spacial score (nSPS) is 13.4. The van der Waals surface area contributed by atoms with Gasteiger partial charge in [0.05, 0.1) is 12.1 Å². The molecule has 2 atom stereocenters. The second-order valence-corrected chi connectivity index (χ2v) is 8.77. The summed E-state index contributed by atoms with van der Waals surface area (Å²) >= 11 is 0. The summed E-state index contributed by atoms with van der Waals surface area (Å²) < 4.78 is 0. The van der Waals surface area contributed by atoms with Crippen LogP contribution >= 0.6 is 0 Å². The van der Waals surface area contributed by atoms with Crippen LogP contribution in [0.15, 0.2) is 0 Å². The molecule has 0 unspecified atom stereocenters. The highest BCUT2D eigenvalue weighted by Gasteiger charge is 2.15. The first kappa shape index (κ1) is 27.4. The minimum Gasteiger partial charge on any atom is -0.391 e. The Labute approximate surface area is 176 Å². The number of carbonyl (C=O) groups excluding carboxylic acids is 1. The zero-order chi connectivity index (χ0) is 20.9. The van der Waals surface area contributed by atoms with Gasteiger partial charge in [-0.15, -0.1) is 0 Å². The molecule has 3 heteroatoms. The number of rotatable bonds is 21. The van der Waals surface area contributed by atoms with Crippen LogP contribution in [0.2, 0.25) is 0 Å². The zero-order valence-electron chi connectivity index (χ0n) is 19.4. The lowest BCUT2D eigenvalue weighted by Crippen LogP contribution is -2.41. The van der Waals surface area contributed by atoms with Crippen LogP contribution in [0.3, 0.4) is 0 Å². The molecule has 0 heterocycles. The second-order valence-electron chi connectivity index (χ2n) is 8.77. The lowest BCUT2D eigenvalue weighted by Gasteiger charge is -2.20. The summed E-state index contributed by atoms with van der Waals surface area (Å²) in [5.74, 6) is 0.0951. The predicted octanol–water partition coefficient (Wildman–Crippen LogP) is 7.30. The van der Waals surface area contributed by atoms with Crippen molar-refractivity contribution in [2.45, 2.75) is 155 Å². The summed E-state index contributed by atoms with van der Waals surface area (Å²) in [6, 6.07) is -0.129. The van der Waals surface area contributed by atoms with Gasteiger partial charge in [0.1, 0.15) is 0 Å². The molecule has 2 N–H and O–H groups in total. The minimum atomic E-state index is -0.410. The van der Waals surface area contributed by atoms with Gasteiger partial charge >= 0.3 is 0 Å². The highest BCUT2D eigenvalue weighted by atomic mass is 16.3. The van der Waals surface area contributed by atoms with E-state index in [9.17, 15) is 9.90 Å². The Kier molecular flexibility index (Phi) is 20.7. The van der Waals surface area contributed by atoms with E-state index in [2.05, 4.69) is 19.2 Å². The molecule has 0 radical (unpaired) electrons. The molecule has 0 aromatic heterocycles. The first-order valence-electron chi connectivity index (χ1n) is 12.6. The third kappa shape index (κ3) is 18.8. The number of unbranched alkanes of at least 4 members (excludes halogenated alkanes) is 15. The van der Waals surface area contributed by atoms with Gasteiger partial charge in [-0.05, 0) is 19.8 Å². The van der Waals surface area contributed by atoms with Gasteiger partial charge in [-0.2, -0.15) is 0 Å². The Hall–Kier alpha value is -0.570. The van der Waals surface area contributed by atoms with Crippen LogP contribution < -0.4 is 5.32 Å². The Morgan fingerprint density at radius 2 is 1.07 bits per heavy atom. The van der Waals surface area contributed by atoms with Crippen molar-refractivity contribution < 1.29 is 9.90 Å². The van der Waals surface area contributed by atoms with E-state index >= 15 is 0 Å². The molecule has 0 saturated heterocycles. The summed E-state index contributed by atoms with van der Waals surface area (Å²) in [7, 11) is 0. The molecule has 0 aromatic rings. The molecule has 0 saturated carbocycles. The fourth-order valence-corrected chi connectivity index (χ4v) is 3.76. The standard InChI is InChI=1S/C25H51NO2/c1-4-6-8-10-11-12-13-14-15-16-18-19-21-24(27)23(3)26-25(28)22-20-17-9-7-5-2/h23-24,27H,4-22H2,1-3H3,(H,26,28)/t23-,24-/m0/s1. The van der Waals surface area contributed by atoms with E-state index in [0.717, 1.165) is 25.7 Å². The van der Waals surface area contributed by atoms with Gasteiger partial charge in [-0.25, -0.2) is 0 Å². The molecule has 0 spiro atoms. The van der Waals surface area contributed by atoms with Gasteiger partial charge in [0, 0.05) is 6.42 Å². The molecule has 0 aliphatic rings. The van der Waals surface area contributed by atoms with Crippen molar-refractivity contribution in [1.29, 1.82) is 0 Å². The fourth-order valence-electron chi connectivity index (χ4n) is 3.76. The van der Waals surface area contributed by atoms with Gasteiger partial charge in [0.15, 0.2) is 0 Å². The molecule has 0 fully saturated rings. The topological polar surface area (TPSA) is 49.3 Å². The highest BCUT2D eigenvalue weighted by Crippen LogP contribution is 2.14. The van der Waals surface area contributed by atoms with E-state index in [1.165, 1.54) is 89.9 Å². The number of nitrogens with one attached hydrogen (secondary N) is 1. The van der Waals surface area contributed by atoms with Gasteiger partial charge in [0.25, 0.3) is 0 Å². The molecular weight excluding hydrogens is 346 g/mol. The number of aliphatic hydroxyl groups excluding tert-OH is 1. The molecule has 0 aromatic carbocycles. The van der Waals surface area contributed by atoms with Crippen molar-refractivity contribution in [2.75, 3.05) is 0 Å². The quantitative estimate of drug-likeness (QED) is 0.200. The number of hydrogen-bond acceptors (Lipinski definition) is 2. The zero-order valence-corrected chi connectivity index (χ0v) is 19.4. The van der Waals surface area contributed by atoms with Crippen molar-refractivity contribution in [3.8, 4) is 0 Å².